The van der Waals surface area contributed by atoms with Crippen LogP contribution in [0.3, 0.4) is 0 Å². The van der Waals surface area contributed by atoms with Gasteiger partial charge < -0.3 is 34.2 Å². The molecule has 0 aromatic carbocycles. The fraction of sp³-hybridized carbons (Fsp3) is 0.646. The third-order valence-electron chi connectivity index (χ3n) is 18.8. The van der Waals surface area contributed by atoms with E-state index >= 15 is 0 Å². The maximum Gasteiger partial charge on any atom is 0.472 e. The zero-order valence-electron chi connectivity index (χ0n) is 73.3. The summed E-state index contributed by atoms with van der Waals surface area (Å²) in [5.41, 5.74) is 0. The van der Waals surface area contributed by atoms with E-state index in [9.17, 15) is 43.5 Å². The molecule has 5 unspecified atom stereocenters. The second kappa shape index (κ2) is 89.6. The predicted octanol–water partition coefficient (Wildman–Crippen LogP) is 28.2. The smallest absolute Gasteiger partial charge is 0.463 e. The van der Waals surface area contributed by atoms with Gasteiger partial charge in [0.2, 0.25) is 0 Å². The molecule has 5 atom stereocenters. The van der Waals surface area contributed by atoms with E-state index in [0.717, 1.165) is 154 Å². The van der Waals surface area contributed by atoms with Crippen LogP contribution in [0.25, 0.3) is 0 Å². The summed E-state index contributed by atoms with van der Waals surface area (Å²) in [5.74, 6) is -1.69. The lowest BCUT2D eigenvalue weighted by molar-refractivity contribution is -0.161. The second-order valence-corrected chi connectivity index (χ2v) is 32.9. The molecule has 0 spiro atoms. The van der Waals surface area contributed by atoms with E-state index in [1.165, 1.54) is 135 Å². The van der Waals surface area contributed by atoms with Gasteiger partial charge in [-0.15, -0.1) is 0 Å². The van der Waals surface area contributed by atoms with Crippen molar-refractivity contribution in [3.63, 3.8) is 0 Å². The van der Waals surface area contributed by atoms with Gasteiger partial charge in [-0.25, -0.2) is 9.13 Å². The third-order valence-corrected chi connectivity index (χ3v) is 20.7. The Kier molecular flexibility index (Phi) is 85.3. The van der Waals surface area contributed by atoms with Crippen molar-refractivity contribution in [1.29, 1.82) is 0 Å². The van der Waals surface area contributed by atoms with Crippen molar-refractivity contribution < 1.29 is 75.8 Å². The Morgan fingerprint density at radius 1 is 0.248 bits per heavy atom. The van der Waals surface area contributed by atoms with Crippen molar-refractivity contribution in [1.82, 2.24) is 0 Å². The highest BCUT2D eigenvalue weighted by Crippen LogP contribution is 2.45. The van der Waals surface area contributed by atoms with Crippen molar-refractivity contribution in [2.75, 3.05) is 39.6 Å². The molecule has 0 saturated carbocycles. The molecule has 666 valence electrons. The molecule has 0 heterocycles. The first kappa shape index (κ1) is 111. The van der Waals surface area contributed by atoms with Gasteiger partial charge >= 0.3 is 33.6 Å². The molecular formula is C99H164O16P2. The maximum absolute atomic E-state index is 13.0. The Labute approximate surface area is 712 Å². The number of hydrogen-bond donors (Lipinski definition) is 4. The number of phosphoric ester groups is 2. The van der Waals surface area contributed by atoms with Crippen LogP contribution in [0.5, 0.6) is 0 Å². The molecule has 18 heteroatoms. The number of carbonyl (C=O) groups is 3. The van der Waals surface area contributed by atoms with E-state index in [4.69, 9.17) is 32.3 Å². The standard InChI is InChI=1S/C99H164O16P2/c1-4-7-10-13-16-19-22-25-28-31-34-36-38-40-42-43-44-45-46-47-48-49-51-53-54-56-59-61-64-67-70-73-76-79-82-85-97(102)109-88-94(100)89-111-116(105,106)112-90-95(101)91-113-117(107,108)114-93-96(115-99(104)87-84-81-78-75-72-69-66-63-58-33-30-27-24-21-18-15-12-9-6-3)92-110-98(103)86-83-80-77-74-71-68-65-62-60-57-55-52-50-41-39-37-35-32-29-26-23-20-17-14-11-8-5-2/h8-9,11-12,16-21,25-30,34-37,40-42,50,55,57-58,63,69,72,78,81,94-96,100-101H,4-7,10,13-15,22-24,31-33,38-39,43-49,51-54,56,59-62,64-68,70-71,73-77,79-80,82-93H2,1-3H3,(H,105,106)(H,107,108)/b11-8-,12-9-,19-16-,20-17-,21-18-,28-25-,29-26-,30-27-,36-34-,37-35-,42-40-,50-41-,57-55-,63-58-,72-69-,81-78-. The molecule has 16 nitrogen and oxygen atoms in total. The normalized spacial score (nSPS) is 14.7. The van der Waals surface area contributed by atoms with E-state index in [0.29, 0.717) is 25.7 Å². The number of unbranched alkanes of at least 4 members (excludes halogenated alkanes) is 30. The number of phosphoric acid groups is 2. The van der Waals surface area contributed by atoms with Crippen LogP contribution in [-0.2, 0) is 55.8 Å². The molecule has 4 N–H and O–H groups in total. The summed E-state index contributed by atoms with van der Waals surface area (Å²) in [4.78, 5) is 58.9. The van der Waals surface area contributed by atoms with Crippen LogP contribution in [0, 0.1) is 0 Å². The fourth-order valence-electron chi connectivity index (χ4n) is 11.9. The molecule has 0 aliphatic carbocycles. The third kappa shape index (κ3) is 91.0. The number of aliphatic hydroxyl groups excluding tert-OH is 2. The van der Waals surface area contributed by atoms with E-state index in [1.54, 1.807) is 0 Å². The molecule has 0 rings (SSSR count). The number of rotatable bonds is 85. The largest absolute Gasteiger partial charge is 0.472 e. The summed E-state index contributed by atoms with van der Waals surface area (Å²) >= 11 is 0. The van der Waals surface area contributed by atoms with Crippen molar-refractivity contribution in [3.8, 4) is 0 Å². The lowest BCUT2D eigenvalue weighted by Crippen LogP contribution is -2.29. The molecule has 0 aromatic rings. The summed E-state index contributed by atoms with van der Waals surface area (Å²) in [5, 5.41) is 20.7. The van der Waals surface area contributed by atoms with Crippen LogP contribution in [-0.4, -0.2) is 95.9 Å². The van der Waals surface area contributed by atoms with Crippen molar-refractivity contribution in [3.05, 3.63) is 194 Å². The zero-order chi connectivity index (χ0) is 85.1. The van der Waals surface area contributed by atoms with E-state index in [2.05, 4.69) is 197 Å². The Morgan fingerprint density at radius 3 is 0.752 bits per heavy atom. The second-order valence-electron chi connectivity index (χ2n) is 30.0. The monoisotopic (exact) mass is 1670 g/mol. The number of ether oxygens (including phenoxy) is 3. The number of allylic oxidation sites excluding steroid dienone is 32. The molecule has 0 aliphatic heterocycles. The molecule has 0 aliphatic rings. The lowest BCUT2D eigenvalue weighted by atomic mass is 10.0. The number of aliphatic hydroxyl groups is 2. The molecule has 117 heavy (non-hydrogen) atoms. The van der Waals surface area contributed by atoms with Crippen LogP contribution in [0.2, 0.25) is 0 Å². The van der Waals surface area contributed by atoms with Gasteiger partial charge in [-0.05, 0) is 154 Å². The molecule has 0 amide bonds. The molecule has 0 bridgehead atoms. The Hall–Kier alpha value is -5.61. The highest BCUT2D eigenvalue weighted by molar-refractivity contribution is 7.47. The van der Waals surface area contributed by atoms with Gasteiger partial charge in [-0.2, -0.15) is 0 Å². The summed E-state index contributed by atoms with van der Waals surface area (Å²) < 4.78 is 61.3. The number of hydrogen-bond acceptors (Lipinski definition) is 14. The van der Waals surface area contributed by atoms with Gasteiger partial charge in [0, 0.05) is 19.3 Å². The van der Waals surface area contributed by atoms with Gasteiger partial charge in [-0.1, -0.05) is 376 Å². The first-order chi connectivity index (χ1) is 57.2. The van der Waals surface area contributed by atoms with Crippen LogP contribution < -0.4 is 0 Å². The SMILES string of the molecule is CC/C=C\C/C=C\C/C=C\C/C=C\C/C=C\C/C=C\CCCCCCCCCCC(=O)OCC(COP(=O)(O)OCC(O)COP(=O)(O)OCC(O)COC(=O)CCCCCCCCCCCCCCCCCCCCC/C=C\C/C=C\C/C=C\C/C=C\CCCCC)OC(=O)CC/C=C\C/C=C\C/C=C\C/C=C\C/C=C\C/C=C\CC. The van der Waals surface area contributed by atoms with Gasteiger partial charge in [0.15, 0.2) is 6.10 Å². The zero-order valence-corrected chi connectivity index (χ0v) is 75.1. The van der Waals surface area contributed by atoms with E-state index < -0.39 is 91.5 Å². The highest BCUT2D eigenvalue weighted by atomic mass is 31.2. The van der Waals surface area contributed by atoms with Crippen LogP contribution in [0.4, 0.5) is 0 Å². The van der Waals surface area contributed by atoms with Gasteiger partial charge in [0.25, 0.3) is 0 Å². The number of esters is 3. The molecule has 0 fully saturated rings. The Morgan fingerprint density at radius 2 is 0.470 bits per heavy atom. The van der Waals surface area contributed by atoms with Gasteiger partial charge in [0.1, 0.15) is 25.4 Å². The average Bonchev–Trinajstić information content (AvgIpc) is 1.00. The minimum Gasteiger partial charge on any atom is -0.463 e. The fourth-order valence-corrected chi connectivity index (χ4v) is 13.5. The molecular weight excluding hydrogens is 1510 g/mol. The summed E-state index contributed by atoms with van der Waals surface area (Å²) in [6.45, 7) is 2.34. The van der Waals surface area contributed by atoms with E-state index in [1.807, 2.05) is 18.2 Å². The average molecular weight is 1670 g/mol. The first-order valence-corrected chi connectivity index (χ1v) is 48.7. The van der Waals surface area contributed by atoms with Gasteiger partial charge in [-0.3, -0.25) is 32.5 Å². The lowest BCUT2D eigenvalue weighted by Gasteiger charge is -2.21. The number of carbonyl (C=O) groups excluding carboxylic acids is 3. The summed E-state index contributed by atoms with van der Waals surface area (Å²) in [7, 11) is -9.84. The molecule has 0 radical (unpaired) electrons. The topological polar surface area (TPSA) is 231 Å². The van der Waals surface area contributed by atoms with Crippen molar-refractivity contribution >= 4 is 33.6 Å². The van der Waals surface area contributed by atoms with Crippen molar-refractivity contribution in [2.24, 2.45) is 0 Å². The van der Waals surface area contributed by atoms with Crippen LogP contribution in [0.1, 0.15) is 355 Å². The molecule has 0 saturated heterocycles. The first-order valence-electron chi connectivity index (χ1n) is 45.7. The minimum absolute atomic E-state index is 0.0295. The van der Waals surface area contributed by atoms with E-state index in [-0.39, 0.29) is 19.3 Å². The molecule has 0 aromatic heterocycles. The minimum atomic E-state index is -4.97. The predicted molar refractivity (Wildman–Crippen MR) is 491 cm³/mol. The Bertz CT molecular complexity index is 2910. The Balaban J connectivity index is 4.56. The highest BCUT2D eigenvalue weighted by Gasteiger charge is 2.29. The van der Waals surface area contributed by atoms with Crippen molar-refractivity contribution in [2.45, 2.75) is 373 Å². The maximum atomic E-state index is 13.0. The quantitative estimate of drug-likeness (QED) is 0.0146. The van der Waals surface area contributed by atoms with Crippen LogP contribution >= 0.6 is 15.6 Å². The summed E-state index contributed by atoms with van der Waals surface area (Å²) in [6.07, 6.45) is 119. The van der Waals surface area contributed by atoms with Gasteiger partial charge in [0.05, 0.1) is 26.4 Å². The summed E-state index contributed by atoms with van der Waals surface area (Å²) in [6, 6.07) is 0. The van der Waals surface area contributed by atoms with Crippen LogP contribution in [0.15, 0.2) is 194 Å².